The highest BCUT2D eigenvalue weighted by atomic mass is 32.1. The van der Waals surface area contributed by atoms with E-state index >= 15 is 0 Å². The van der Waals surface area contributed by atoms with Crippen molar-refractivity contribution in [3.05, 3.63) is 59.0 Å². The van der Waals surface area contributed by atoms with Crippen LogP contribution in [0.2, 0.25) is 0 Å². The van der Waals surface area contributed by atoms with E-state index in [2.05, 4.69) is 37.4 Å². The van der Waals surface area contributed by atoms with Crippen LogP contribution in [0.1, 0.15) is 34.5 Å². The van der Waals surface area contributed by atoms with Gasteiger partial charge in [0.05, 0.1) is 39.2 Å². The normalized spacial score (nSPS) is 21.9. The van der Waals surface area contributed by atoms with Crippen LogP contribution in [-0.2, 0) is 6.54 Å². The zero-order valence-corrected chi connectivity index (χ0v) is 19.9. The minimum Gasteiger partial charge on any atom is -0.493 e. The third-order valence-electron chi connectivity index (χ3n) is 6.69. The average Bonchev–Trinajstić information content (AvgIpc) is 3.22. The Bertz CT molecular complexity index is 1030. The molecule has 1 saturated heterocycles. The fourth-order valence-corrected chi connectivity index (χ4v) is 5.80. The Labute approximate surface area is 193 Å². The van der Waals surface area contributed by atoms with Crippen molar-refractivity contribution in [3.8, 4) is 11.5 Å². The highest BCUT2D eigenvalue weighted by Crippen LogP contribution is 2.37. The lowest BCUT2D eigenvalue weighted by molar-refractivity contribution is -0.928. The Morgan fingerprint density at radius 2 is 1.75 bits per heavy atom. The van der Waals surface area contributed by atoms with Gasteiger partial charge in [-0.3, -0.25) is 4.79 Å². The monoisotopic (exact) mass is 454 g/mol. The molecule has 0 bridgehead atoms. The first kappa shape index (κ1) is 22.8. The molecule has 6 heteroatoms. The SMILES string of the molecule is COc1cc2cc(C(=O)C(O)CC3CC[N+](C)(Cc4ccccc4)CC3)sc2cc1OC. The number of Topliss-reactive ketones (excluding diaryl/α,β-unsaturated/α-hetero) is 1. The summed E-state index contributed by atoms with van der Waals surface area (Å²) in [5.41, 5.74) is 1.36. The molecule has 2 aromatic carbocycles. The van der Waals surface area contributed by atoms with Gasteiger partial charge >= 0.3 is 0 Å². The van der Waals surface area contributed by atoms with Crippen LogP contribution in [0, 0.1) is 5.92 Å². The molecule has 170 valence electrons. The number of carbonyl (C=O) groups is 1. The molecule has 0 aliphatic carbocycles. The lowest BCUT2D eigenvalue weighted by Gasteiger charge is -2.41. The third-order valence-corrected chi connectivity index (χ3v) is 7.80. The van der Waals surface area contributed by atoms with Gasteiger partial charge in [-0.05, 0) is 42.7 Å². The molecule has 1 unspecified atom stereocenters. The second-order valence-corrected chi connectivity index (χ2v) is 10.2. The number of aliphatic hydroxyl groups excluding tert-OH is 1. The smallest absolute Gasteiger partial charge is 0.201 e. The van der Waals surface area contributed by atoms with Crippen LogP contribution >= 0.6 is 11.3 Å². The van der Waals surface area contributed by atoms with Crippen molar-refractivity contribution in [1.29, 1.82) is 0 Å². The summed E-state index contributed by atoms with van der Waals surface area (Å²) in [5.74, 6) is 1.47. The molecule has 3 aromatic rings. The Hall–Kier alpha value is -2.41. The van der Waals surface area contributed by atoms with Crippen LogP contribution in [0.15, 0.2) is 48.5 Å². The predicted molar refractivity (Wildman–Crippen MR) is 129 cm³/mol. The molecule has 4 rings (SSSR count). The van der Waals surface area contributed by atoms with Gasteiger partial charge in [-0.2, -0.15) is 0 Å². The molecule has 1 atom stereocenters. The van der Waals surface area contributed by atoms with E-state index in [1.165, 1.54) is 16.9 Å². The van der Waals surface area contributed by atoms with Crippen molar-refractivity contribution in [2.24, 2.45) is 5.92 Å². The number of rotatable bonds is 8. The molecule has 0 radical (unpaired) electrons. The van der Waals surface area contributed by atoms with Gasteiger partial charge < -0.3 is 19.1 Å². The summed E-state index contributed by atoms with van der Waals surface area (Å²) >= 11 is 1.40. The van der Waals surface area contributed by atoms with E-state index in [0.717, 1.165) is 47.0 Å². The van der Waals surface area contributed by atoms with Crippen LogP contribution in [0.25, 0.3) is 10.1 Å². The number of ketones is 1. The summed E-state index contributed by atoms with van der Waals surface area (Å²) in [7, 11) is 5.50. The first-order valence-electron chi connectivity index (χ1n) is 11.2. The number of piperidine rings is 1. The summed E-state index contributed by atoms with van der Waals surface area (Å²) in [4.78, 5) is 13.5. The second kappa shape index (κ2) is 9.61. The topological polar surface area (TPSA) is 55.8 Å². The number of benzene rings is 2. The number of methoxy groups -OCH3 is 2. The van der Waals surface area contributed by atoms with E-state index in [4.69, 9.17) is 9.47 Å². The Morgan fingerprint density at radius 1 is 1.09 bits per heavy atom. The molecular weight excluding hydrogens is 422 g/mol. The molecule has 1 aromatic heterocycles. The van der Waals surface area contributed by atoms with Gasteiger partial charge in [0.25, 0.3) is 0 Å². The highest BCUT2D eigenvalue weighted by molar-refractivity contribution is 7.20. The number of ether oxygens (including phenoxy) is 2. The van der Waals surface area contributed by atoms with E-state index in [0.29, 0.717) is 28.7 Å². The molecule has 1 N–H and O–H groups in total. The van der Waals surface area contributed by atoms with E-state index in [-0.39, 0.29) is 5.78 Å². The Morgan fingerprint density at radius 3 is 2.41 bits per heavy atom. The standard InChI is InChI=1S/C26H32NO4S/c1-27(17-19-7-5-4-6-8-19)11-9-18(10-12-27)13-21(28)26(29)25-15-20-14-22(30-2)23(31-3)16-24(20)32-25/h4-8,14-16,18,21,28H,9-13,17H2,1-3H3/q+1. The number of nitrogens with zero attached hydrogens (tertiary/aromatic N) is 1. The zero-order chi connectivity index (χ0) is 22.7. The molecule has 5 nitrogen and oxygen atoms in total. The van der Waals surface area contributed by atoms with E-state index in [1.807, 2.05) is 18.2 Å². The number of likely N-dealkylation sites (tertiary alicyclic amines) is 1. The van der Waals surface area contributed by atoms with Crippen LogP contribution in [-0.4, -0.2) is 55.8 Å². The number of aliphatic hydroxyl groups is 1. The van der Waals surface area contributed by atoms with Crippen molar-refractivity contribution in [2.45, 2.75) is 31.9 Å². The van der Waals surface area contributed by atoms with Crippen LogP contribution in [0.4, 0.5) is 0 Å². The maximum atomic E-state index is 13.0. The van der Waals surface area contributed by atoms with Crippen molar-refractivity contribution >= 4 is 27.2 Å². The third kappa shape index (κ3) is 4.98. The van der Waals surface area contributed by atoms with Crippen molar-refractivity contribution in [3.63, 3.8) is 0 Å². The summed E-state index contributed by atoms with van der Waals surface area (Å²) in [5, 5.41) is 11.6. The molecule has 0 saturated carbocycles. The predicted octanol–water partition coefficient (Wildman–Crippen LogP) is 4.91. The van der Waals surface area contributed by atoms with Crippen molar-refractivity contribution in [1.82, 2.24) is 0 Å². The lowest BCUT2D eigenvalue weighted by Crippen LogP contribution is -2.49. The number of thiophene rings is 1. The average molecular weight is 455 g/mol. The highest BCUT2D eigenvalue weighted by Gasteiger charge is 2.32. The molecular formula is C26H32NO4S+. The van der Waals surface area contributed by atoms with Gasteiger partial charge in [-0.25, -0.2) is 0 Å². The van der Waals surface area contributed by atoms with Gasteiger partial charge in [0.15, 0.2) is 11.5 Å². The minimum absolute atomic E-state index is 0.184. The fourth-order valence-electron chi connectivity index (χ4n) is 4.74. The minimum atomic E-state index is -0.956. The van der Waals surface area contributed by atoms with Gasteiger partial charge in [0.1, 0.15) is 12.6 Å². The molecule has 1 aliphatic rings. The Kier molecular flexibility index (Phi) is 6.84. The van der Waals surface area contributed by atoms with Gasteiger partial charge in [0, 0.05) is 16.3 Å². The first-order valence-corrected chi connectivity index (χ1v) is 12.0. The number of hydrogen-bond acceptors (Lipinski definition) is 5. The van der Waals surface area contributed by atoms with E-state index in [9.17, 15) is 9.90 Å². The number of carbonyl (C=O) groups excluding carboxylic acids is 1. The molecule has 0 amide bonds. The summed E-state index contributed by atoms with van der Waals surface area (Å²) in [6, 6.07) is 16.2. The maximum Gasteiger partial charge on any atom is 0.201 e. The van der Waals surface area contributed by atoms with Gasteiger partial charge in [0.2, 0.25) is 5.78 Å². The first-order chi connectivity index (χ1) is 15.4. The summed E-state index contributed by atoms with van der Waals surface area (Å²) in [6.07, 6.45) is 1.65. The van der Waals surface area contributed by atoms with Crippen molar-refractivity contribution in [2.75, 3.05) is 34.4 Å². The van der Waals surface area contributed by atoms with Crippen molar-refractivity contribution < 1.29 is 23.9 Å². The molecule has 1 aliphatic heterocycles. The van der Waals surface area contributed by atoms with E-state index < -0.39 is 6.10 Å². The maximum absolute atomic E-state index is 13.0. The molecule has 32 heavy (non-hydrogen) atoms. The Balaban J connectivity index is 1.37. The number of fused-ring (bicyclic) bond motifs is 1. The summed E-state index contributed by atoms with van der Waals surface area (Å²) < 4.78 is 12.7. The van der Waals surface area contributed by atoms with Gasteiger partial charge in [-0.15, -0.1) is 11.3 Å². The largest absolute Gasteiger partial charge is 0.493 e. The number of quaternary nitrogens is 1. The molecule has 2 heterocycles. The summed E-state index contributed by atoms with van der Waals surface area (Å²) in [6.45, 7) is 3.18. The second-order valence-electron chi connectivity index (χ2n) is 9.13. The number of hydrogen-bond donors (Lipinski definition) is 1. The lowest BCUT2D eigenvalue weighted by atomic mass is 9.88. The van der Waals surface area contributed by atoms with Gasteiger partial charge in [-0.1, -0.05) is 30.3 Å². The van der Waals surface area contributed by atoms with Crippen LogP contribution < -0.4 is 9.47 Å². The van der Waals surface area contributed by atoms with Crippen LogP contribution in [0.3, 0.4) is 0 Å². The van der Waals surface area contributed by atoms with E-state index in [1.54, 1.807) is 14.2 Å². The quantitative estimate of drug-likeness (QED) is 0.388. The molecule has 0 spiro atoms. The fraction of sp³-hybridized carbons (Fsp3) is 0.423. The zero-order valence-electron chi connectivity index (χ0n) is 19.0. The van der Waals surface area contributed by atoms with Crippen LogP contribution in [0.5, 0.6) is 11.5 Å². The molecule has 1 fully saturated rings.